The summed E-state index contributed by atoms with van der Waals surface area (Å²) in [6.45, 7) is 8.78. The van der Waals surface area contributed by atoms with E-state index in [4.69, 9.17) is 14.0 Å². The van der Waals surface area contributed by atoms with Gasteiger partial charge in [0.15, 0.2) is 5.82 Å². The lowest BCUT2D eigenvalue weighted by Crippen LogP contribution is -2.46. The Morgan fingerprint density at radius 3 is 2.52 bits per heavy atom. The first-order valence-electron chi connectivity index (χ1n) is 11.7. The van der Waals surface area contributed by atoms with Gasteiger partial charge in [-0.3, -0.25) is 4.90 Å². The average molecular weight is 451 g/mol. The van der Waals surface area contributed by atoms with Crippen molar-refractivity contribution in [1.82, 2.24) is 10.1 Å². The van der Waals surface area contributed by atoms with E-state index in [1.54, 1.807) is 7.11 Å². The van der Waals surface area contributed by atoms with Gasteiger partial charge in [0.1, 0.15) is 17.3 Å². The number of hydrogen-bond acceptors (Lipinski definition) is 7. The molecular weight excluding hydrogens is 416 g/mol. The van der Waals surface area contributed by atoms with E-state index in [0.717, 1.165) is 75.2 Å². The fraction of sp³-hybridized carbons (Fsp3) is 0.423. The average Bonchev–Trinajstić information content (AvgIpc) is 3.28. The van der Waals surface area contributed by atoms with Gasteiger partial charge in [0, 0.05) is 50.5 Å². The zero-order valence-corrected chi connectivity index (χ0v) is 19.6. The van der Waals surface area contributed by atoms with Crippen molar-refractivity contribution in [3.63, 3.8) is 0 Å². The summed E-state index contributed by atoms with van der Waals surface area (Å²) in [7, 11) is 1.72. The number of benzene rings is 2. The summed E-state index contributed by atoms with van der Waals surface area (Å²) >= 11 is 0. The molecule has 1 saturated heterocycles. The molecule has 1 N–H and O–H groups in total. The minimum atomic E-state index is 0.706. The molecule has 7 heteroatoms. The Kier molecular flexibility index (Phi) is 8.09. The molecule has 0 atom stereocenters. The molecule has 2 heterocycles. The van der Waals surface area contributed by atoms with Gasteiger partial charge in [-0.05, 0) is 56.1 Å². The SMILES string of the molecule is COc1cccc(N2CCN(CCCCOc3ccc(CNc4cc(C)on4)cc3)CC2)c1. The van der Waals surface area contributed by atoms with E-state index in [1.165, 1.54) is 11.3 Å². The summed E-state index contributed by atoms with van der Waals surface area (Å²) in [6.07, 6.45) is 2.21. The monoisotopic (exact) mass is 450 g/mol. The standard InChI is InChI=1S/C26H34N4O3/c1-21-18-26(28-33-21)27-20-22-8-10-24(11-9-22)32-17-4-3-12-29-13-15-30(16-14-29)23-6-5-7-25(19-23)31-2/h5-11,18-19H,3-4,12-17,20H2,1-2H3,(H,27,28). The van der Waals surface area contributed by atoms with Crippen LogP contribution in [0.5, 0.6) is 11.5 Å². The summed E-state index contributed by atoms with van der Waals surface area (Å²) in [5.74, 6) is 3.40. The second-order valence-corrected chi connectivity index (χ2v) is 8.41. The molecule has 0 bridgehead atoms. The first-order valence-corrected chi connectivity index (χ1v) is 11.7. The van der Waals surface area contributed by atoms with Gasteiger partial charge in [0.05, 0.1) is 13.7 Å². The van der Waals surface area contributed by atoms with Gasteiger partial charge in [0.25, 0.3) is 0 Å². The quantitative estimate of drug-likeness (QED) is 0.429. The molecule has 0 unspecified atom stereocenters. The number of piperazine rings is 1. The van der Waals surface area contributed by atoms with Crippen molar-refractivity contribution in [2.45, 2.75) is 26.3 Å². The van der Waals surface area contributed by atoms with Crippen LogP contribution in [-0.4, -0.2) is 56.5 Å². The van der Waals surface area contributed by atoms with Gasteiger partial charge in [-0.15, -0.1) is 0 Å². The Morgan fingerprint density at radius 1 is 0.970 bits per heavy atom. The lowest BCUT2D eigenvalue weighted by atomic mass is 10.2. The van der Waals surface area contributed by atoms with E-state index in [1.807, 2.05) is 31.2 Å². The highest BCUT2D eigenvalue weighted by atomic mass is 16.5. The van der Waals surface area contributed by atoms with Crippen molar-refractivity contribution in [1.29, 1.82) is 0 Å². The van der Waals surface area contributed by atoms with Crippen molar-refractivity contribution in [2.24, 2.45) is 0 Å². The smallest absolute Gasteiger partial charge is 0.169 e. The van der Waals surface area contributed by atoms with Crippen LogP contribution in [0.1, 0.15) is 24.2 Å². The van der Waals surface area contributed by atoms with E-state index >= 15 is 0 Å². The number of aryl methyl sites for hydroxylation is 1. The molecule has 0 saturated carbocycles. The normalized spacial score (nSPS) is 14.3. The summed E-state index contributed by atoms with van der Waals surface area (Å²) in [5, 5.41) is 7.19. The maximum absolute atomic E-state index is 5.93. The largest absolute Gasteiger partial charge is 0.497 e. The molecule has 0 aliphatic carbocycles. The van der Waals surface area contributed by atoms with Crippen molar-refractivity contribution in [3.8, 4) is 11.5 Å². The highest BCUT2D eigenvalue weighted by Gasteiger charge is 2.17. The number of unbranched alkanes of at least 4 members (excludes halogenated alkanes) is 1. The third-order valence-electron chi connectivity index (χ3n) is 5.95. The number of aromatic nitrogens is 1. The predicted molar refractivity (Wildman–Crippen MR) is 131 cm³/mol. The predicted octanol–water partition coefficient (Wildman–Crippen LogP) is 4.58. The third kappa shape index (κ3) is 6.89. The molecule has 1 aliphatic heterocycles. The van der Waals surface area contributed by atoms with E-state index in [-0.39, 0.29) is 0 Å². The van der Waals surface area contributed by atoms with Gasteiger partial charge < -0.3 is 24.2 Å². The Bertz CT molecular complexity index is 981. The molecule has 1 aliphatic rings. The molecule has 3 aromatic rings. The summed E-state index contributed by atoms with van der Waals surface area (Å²) < 4.78 is 16.3. The molecule has 176 valence electrons. The molecule has 1 fully saturated rings. The lowest BCUT2D eigenvalue weighted by molar-refractivity contribution is 0.238. The van der Waals surface area contributed by atoms with Crippen molar-refractivity contribution >= 4 is 11.5 Å². The number of methoxy groups -OCH3 is 1. The van der Waals surface area contributed by atoms with Crippen LogP contribution in [-0.2, 0) is 6.54 Å². The molecule has 2 aromatic carbocycles. The van der Waals surface area contributed by atoms with Gasteiger partial charge >= 0.3 is 0 Å². The van der Waals surface area contributed by atoms with Crippen LogP contribution < -0.4 is 19.7 Å². The fourth-order valence-corrected chi connectivity index (χ4v) is 4.01. The van der Waals surface area contributed by atoms with Gasteiger partial charge in [-0.25, -0.2) is 0 Å². The highest BCUT2D eigenvalue weighted by molar-refractivity contribution is 5.51. The van der Waals surface area contributed by atoms with Crippen LogP contribution in [0.2, 0.25) is 0 Å². The number of rotatable bonds is 11. The Hall–Kier alpha value is -3.19. The van der Waals surface area contributed by atoms with Crippen LogP contribution >= 0.6 is 0 Å². The first-order chi connectivity index (χ1) is 16.2. The minimum absolute atomic E-state index is 0.706. The fourth-order valence-electron chi connectivity index (χ4n) is 4.01. The second kappa shape index (κ2) is 11.6. The molecule has 7 nitrogen and oxygen atoms in total. The number of ether oxygens (including phenoxy) is 2. The summed E-state index contributed by atoms with van der Waals surface area (Å²) in [4.78, 5) is 4.99. The molecular formula is C26H34N4O3. The highest BCUT2D eigenvalue weighted by Crippen LogP contribution is 2.22. The maximum atomic E-state index is 5.93. The van der Waals surface area contributed by atoms with Gasteiger partial charge in [-0.2, -0.15) is 0 Å². The molecule has 4 rings (SSSR count). The van der Waals surface area contributed by atoms with E-state index < -0.39 is 0 Å². The second-order valence-electron chi connectivity index (χ2n) is 8.41. The molecule has 0 radical (unpaired) electrons. The number of anilines is 2. The number of nitrogens with zero attached hydrogens (tertiary/aromatic N) is 3. The lowest BCUT2D eigenvalue weighted by Gasteiger charge is -2.36. The number of hydrogen-bond donors (Lipinski definition) is 1. The van der Waals surface area contributed by atoms with Gasteiger partial charge in [0.2, 0.25) is 0 Å². The zero-order chi connectivity index (χ0) is 22.9. The molecule has 1 aromatic heterocycles. The Labute approximate surface area is 196 Å². The van der Waals surface area contributed by atoms with Crippen LogP contribution in [0.3, 0.4) is 0 Å². The van der Waals surface area contributed by atoms with Crippen LogP contribution in [0.4, 0.5) is 11.5 Å². The summed E-state index contributed by atoms with van der Waals surface area (Å²) in [5.41, 5.74) is 2.42. The van der Waals surface area contributed by atoms with Crippen LogP contribution in [0, 0.1) is 6.92 Å². The summed E-state index contributed by atoms with van der Waals surface area (Å²) in [6, 6.07) is 18.4. The van der Waals surface area contributed by atoms with Crippen molar-refractivity contribution in [3.05, 3.63) is 65.9 Å². The van der Waals surface area contributed by atoms with E-state index in [2.05, 4.69) is 50.6 Å². The minimum Gasteiger partial charge on any atom is -0.497 e. The van der Waals surface area contributed by atoms with Crippen molar-refractivity contribution in [2.75, 3.05) is 56.7 Å². The van der Waals surface area contributed by atoms with Crippen molar-refractivity contribution < 1.29 is 14.0 Å². The van der Waals surface area contributed by atoms with Gasteiger partial charge in [-0.1, -0.05) is 23.4 Å². The molecule has 0 amide bonds. The van der Waals surface area contributed by atoms with Crippen LogP contribution in [0.25, 0.3) is 0 Å². The van der Waals surface area contributed by atoms with E-state index in [0.29, 0.717) is 6.54 Å². The Morgan fingerprint density at radius 2 is 1.79 bits per heavy atom. The molecule has 0 spiro atoms. The number of nitrogens with one attached hydrogen (secondary N) is 1. The molecule has 33 heavy (non-hydrogen) atoms. The van der Waals surface area contributed by atoms with Crippen LogP contribution in [0.15, 0.2) is 59.1 Å². The Balaban J connectivity index is 1.09. The first kappa shape index (κ1) is 23.0. The van der Waals surface area contributed by atoms with E-state index in [9.17, 15) is 0 Å². The third-order valence-corrected chi connectivity index (χ3v) is 5.95. The zero-order valence-electron chi connectivity index (χ0n) is 19.6. The topological polar surface area (TPSA) is 63.0 Å². The maximum Gasteiger partial charge on any atom is 0.169 e.